The fourth-order valence-corrected chi connectivity index (χ4v) is 5.90. The van der Waals surface area contributed by atoms with E-state index in [-0.39, 0.29) is 11.4 Å². The summed E-state index contributed by atoms with van der Waals surface area (Å²) in [7, 11) is -1.50. The highest BCUT2D eigenvalue weighted by molar-refractivity contribution is 7.52. The monoisotopic (exact) mass is 586 g/mol. The van der Waals surface area contributed by atoms with Gasteiger partial charge in [0, 0.05) is 7.05 Å². The first-order valence-electron chi connectivity index (χ1n) is 11.9. The molecular weight excluding hydrogens is 558 g/mol. The van der Waals surface area contributed by atoms with Crippen molar-refractivity contribution in [2.75, 3.05) is 32.0 Å². The molecule has 212 valence electrons. The summed E-state index contributed by atoms with van der Waals surface area (Å²) in [4.78, 5) is 24.9. The predicted octanol–water partition coefficient (Wildman–Crippen LogP) is 2.74. The maximum Gasteiger partial charge on any atom is 0.459 e. The number of fused-ring (bicyclic) bond motifs is 1. The quantitative estimate of drug-likeness (QED) is 0.172. The zero-order chi connectivity index (χ0) is 28.4. The second-order valence-electron chi connectivity index (χ2n) is 8.84. The van der Waals surface area contributed by atoms with Crippen molar-refractivity contribution in [2.24, 2.45) is 0 Å². The number of aliphatic hydroxyl groups is 1. The lowest BCUT2D eigenvalue weighted by Crippen LogP contribution is -2.48. The van der Waals surface area contributed by atoms with E-state index in [1.54, 1.807) is 32.2 Å². The number of carbonyl (C=O) groups excluding carboxylic acids is 1. The van der Waals surface area contributed by atoms with E-state index in [1.807, 2.05) is 0 Å². The van der Waals surface area contributed by atoms with Gasteiger partial charge in [0.15, 0.2) is 29.4 Å². The number of carbonyl (C=O) groups is 1. The van der Waals surface area contributed by atoms with Crippen molar-refractivity contribution in [3.8, 4) is 5.75 Å². The van der Waals surface area contributed by atoms with E-state index in [0.29, 0.717) is 17.2 Å². The van der Waals surface area contributed by atoms with Crippen LogP contribution in [0.2, 0.25) is 0 Å². The van der Waals surface area contributed by atoms with Crippen LogP contribution in [-0.4, -0.2) is 81.2 Å². The Hall–Kier alpha value is -2.87. The first-order valence-corrected chi connectivity index (χ1v) is 13.9. The minimum atomic E-state index is -4.33. The largest absolute Gasteiger partial charge is 0.468 e. The highest BCUT2D eigenvalue weighted by Crippen LogP contribution is 2.48. The molecule has 0 radical (unpaired) electrons. The molecule has 39 heavy (non-hydrogen) atoms. The Morgan fingerprint density at radius 1 is 1.36 bits per heavy atom. The number of halogens is 2. The standard InChI is InChI=1S/C23H29ClFN6O7P/c1-13(22(33)35-4)30-39(34,38-15-8-6-5-7-9-15)36-11-23(10-24)18(32)16(25)21(37-23)31-12-27-17-19(26-3)28-14(2)29-20(17)31/h5-9,12-13,16,18,21,32H,10-11H2,1-4H3,(H,30,34)(H,26,28,29)/t13-,16+,18+,21-,23-,39+/m1/s1. The maximum absolute atomic E-state index is 15.6. The number of nitrogens with zero attached hydrogens (tertiary/aromatic N) is 4. The number of alkyl halides is 2. The molecule has 0 unspecified atom stereocenters. The van der Waals surface area contributed by atoms with E-state index >= 15 is 4.39 Å². The third-order valence-corrected chi connectivity index (χ3v) is 8.17. The number of benzene rings is 1. The zero-order valence-corrected chi connectivity index (χ0v) is 23.2. The molecule has 3 heterocycles. The number of aromatic nitrogens is 4. The molecule has 1 aliphatic rings. The lowest BCUT2D eigenvalue weighted by atomic mass is 9.99. The molecule has 6 atom stereocenters. The van der Waals surface area contributed by atoms with Crippen LogP contribution in [0.3, 0.4) is 0 Å². The molecule has 0 amide bonds. The van der Waals surface area contributed by atoms with Gasteiger partial charge in [-0.3, -0.25) is 13.9 Å². The van der Waals surface area contributed by atoms with Crippen LogP contribution in [0, 0.1) is 6.92 Å². The van der Waals surface area contributed by atoms with Crippen LogP contribution in [-0.2, 0) is 23.4 Å². The van der Waals surface area contributed by atoms with Crippen LogP contribution < -0.4 is 14.9 Å². The number of hydrogen-bond donors (Lipinski definition) is 3. The Balaban J connectivity index is 1.62. The smallest absolute Gasteiger partial charge is 0.459 e. The molecule has 1 aliphatic heterocycles. The number of methoxy groups -OCH3 is 1. The summed E-state index contributed by atoms with van der Waals surface area (Å²) in [6.45, 7) is 2.40. The minimum absolute atomic E-state index is 0.166. The lowest BCUT2D eigenvalue weighted by Gasteiger charge is -2.31. The fourth-order valence-electron chi connectivity index (χ4n) is 4.06. The molecule has 0 bridgehead atoms. The number of esters is 1. The van der Waals surface area contributed by atoms with Crippen molar-refractivity contribution in [3.63, 3.8) is 0 Å². The van der Waals surface area contributed by atoms with Gasteiger partial charge in [0.25, 0.3) is 0 Å². The molecule has 4 rings (SSSR count). The molecule has 1 fully saturated rings. The first kappa shape index (κ1) is 29.1. The summed E-state index contributed by atoms with van der Waals surface area (Å²) in [6.07, 6.45) is -3.87. The van der Waals surface area contributed by atoms with E-state index in [2.05, 4.69) is 30.1 Å². The highest BCUT2D eigenvalue weighted by atomic mass is 35.5. The second-order valence-corrected chi connectivity index (χ2v) is 10.8. The average Bonchev–Trinajstić information content (AvgIpc) is 3.45. The van der Waals surface area contributed by atoms with Crippen LogP contribution >= 0.6 is 19.3 Å². The second kappa shape index (κ2) is 11.7. The van der Waals surface area contributed by atoms with E-state index < -0.39 is 56.3 Å². The summed E-state index contributed by atoms with van der Waals surface area (Å²) in [6, 6.07) is 6.97. The lowest BCUT2D eigenvalue weighted by molar-refractivity contribution is -0.142. The minimum Gasteiger partial charge on any atom is -0.468 e. The number of ether oxygens (including phenoxy) is 2. The Kier molecular flexibility index (Phi) is 8.74. The number of para-hydroxylation sites is 1. The number of anilines is 1. The fraction of sp³-hybridized carbons (Fsp3) is 0.478. The van der Waals surface area contributed by atoms with Crippen molar-refractivity contribution in [3.05, 3.63) is 42.5 Å². The van der Waals surface area contributed by atoms with Crippen molar-refractivity contribution >= 4 is 42.3 Å². The van der Waals surface area contributed by atoms with Crippen molar-refractivity contribution in [1.29, 1.82) is 0 Å². The molecule has 1 aromatic carbocycles. The van der Waals surface area contributed by atoms with E-state index in [1.165, 1.54) is 37.1 Å². The average molecular weight is 587 g/mol. The van der Waals surface area contributed by atoms with Crippen molar-refractivity contribution in [2.45, 2.75) is 44.0 Å². The van der Waals surface area contributed by atoms with E-state index in [9.17, 15) is 14.5 Å². The normalized spacial score (nSPS) is 25.3. The molecule has 0 saturated carbocycles. The van der Waals surface area contributed by atoms with Gasteiger partial charge in [-0.25, -0.2) is 23.9 Å². The Morgan fingerprint density at radius 3 is 2.72 bits per heavy atom. The van der Waals surface area contributed by atoms with Gasteiger partial charge in [0.1, 0.15) is 29.3 Å². The molecule has 13 nitrogen and oxygen atoms in total. The van der Waals surface area contributed by atoms with Crippen LogP contribution in [0.5, 0.6) is 5.75 Å². The van der Waals surface area contributed by atoms with Crippen LogP contribution in [0.25, 0.3) is 11.2 Å². The maximum atomic E-state index is 15.6. The van der Waals surface area contributed by atoms with Gasteiger partial charge in [0.05, 0.1) is 25.9 Å². The number of aryl methyl sites for hydroxylation is 1. The van der Waals surface area contributed by atoms with Crippen LogP contribution in [0.15, 0.2) is 36.7 Å². The molecule has 0 spiro atoms. The Bertz CT molecular complexity index is 1370. The summed E-state index contributed by atoms with van der Waals surface area (Å²) in [5, 5.41) is 16.3. The third-order valence-electron chi connectivity index (χ3n) is 6.09. The number of rotatable bonds is 11. The molecule has 1 saturated heterocycles. The number of imidazole rings is 1. The van der Waals surface area contributed by atoms with Gasteiger partial charge in [-0.15, -0.1) is 11.6 Å². The van der Waals surface area contributed by atoms with Gasteiger partial charge >= 0.3 is 13.7 Å². The number of nitrogens with one attached hydrogen (secondary N) is 2. The van der Waals surface area contributed by atoms with E-state index in [0.717, 1.165) is 0 Å². The number of aliphatic hydroxyl groups excluding tert-OH is 1. The SMILES string of the molecule is CNc1nc(C)nc2c1ncn2[C@@H]1O[C@](CCl)(CO[P@@](=O)(N[C@H](C)C(=O)OC)Oc2ccccc2)[C@@H](O)[C@@H]1F. The highest BCUT2D eigenvalue weighted by Gasteiger charge is 2.57. The van der Waals surface area contributed by atoms with Crippen LogP contribution in [0.1, 0.15) is 19.0 Å². The summed E-state index contributed by atoms with van der Waals surface area (Å²) >= 11 is 6.19. The Labute approximate surface area is 228 Å². The molecule has 0 aliphatic carbocycles. The van der Waals surface area contributed by atoms with Gasteiger partial charge in [0.2, 0.25) is 0 Å². The summed E-state index contributed by atoms with van der Waals surface area (Å²) in [5.41, 5.74) is -1.22. The number of hydrogen-bond acceptors (Lipinski definition) is 11. The molecule has 2 aromatic heterocycles. The molecular formula is C23H29ClFN6O7P. The topological polar surface area (TPSA) is 159 Å². The van der Waals surface area contributed by atoms with Gasteiger partial charge in [-0.2, -0.15) is 5.09 Å². The van der Waals surface area contributed by atoms with Gasteiger partial charge < -0.3 is 24.4 Å². The summed E-state index contributed by atoms with van der Waals surface area (Å²) < 4.78 is 52.5. The van der Waals surface area contributed by atoms with E-state index in [4.69, 9.17) is 25.4 Å². The van der Waals surface area contributed by atoms with Crippen molar-refractivity contribution < 1.29 is 37.4 Å². The predicted molar refractivity (Wildman–Crippen MR) is 139 cm³/mol. The molecule has 16 heteroatoms. The molecule has 3 N–H and O–H groups in total. The van der Waals surface area contributed by atoms with Crippen LogP contribution in [0.4, 0.5) is 10.2 Å². The van der Waals surface area contributed by atoms with Gasteiger partial charge in [-0.1, -0.05) is 18.2 Å². The molecule has 3 aromatic rings. The van der Waals surface area contributed by atoms with Crippen molar-refractivity contribution in [1.82, 2.24) is 24.6 Å². The third kappa shape index (κ3) is 5.86. The van der Waals surface area contributed by atoms with Gasteiger partial charge in [-0.05, 0) is 26.0 Å². The first-order chi connectivity index (χ1) is 18.6. The summed E-state index contributed by atoms with van der Waals surface area (Å²) in [5.74, 6) is -0.166. The zero-order valence-electron chi connectivity index (χ0n) is 21.6. The Morgan fingerprint density at radius 2 is 2.08 bits per heavy atom.